The molecule has 0 aliphatic carbocycles. The molecule has 49 valence electrons. The van der Waals surface area contributed by atoms with Gasteiger partial charge in [0.25, 0.3) is 0 Å². The van der Waals surface area contributed by atoms with E-state index in [-0.39, 0.29) is 0 Å². The molecule has 2 heteroatoms. The molecule has 0 bridgehead atoms. The topological polar surface area (TPSA) is 17.3 Å². The average Bonchev–Trinajstić information content (AvgIpc) is 2.34. The number of pyridine rings is 1. The van der Waals surface area contributed by atoms with Gasteiger partial charge in [-0.2, -0.15) is 0 Å². The maximum atomic E-state index is 4.12. The molecule has 10 heavy (non-hydrogen) atoms. The minimum atomic E-state index is 0.926. The van der Waals surface area contributed by atoms with Crippen LogP contribution in [0.25, 0.3) is 5.65 Å². The van der Waals surface area contributed by atoms with Crippen LogP contribution in [0, 0.1) is 6.92 Å². The van der Waals surface area contributed by atoms with Crippen molar-refractivity contribution in [3.63, 3.8) is 0 Å². The van der Waals surface area contributed by atoms with E-state index >= 15 is 0 Å². The van der Waals surface area contributed by atoms with Crippen LogP contribution in [0.3, 0.4) is 0 Å². The summed E-state index contributed by atoms with van der Waals surface area (Å²) in [6.07, 6.45) is 3.71. The predicted molar refractivity (Wildman–Crippen MR) is 39.7 cm³/mol. The smallest absolute Gasteiger partial charge is 0.136 e. The average molecular weight is 131 g/mol. The Balaban J connectivity index is 2.93. The Morgan fingerprint density at radius 2 is 2.30 bits per heavy atom. The van der Waals surface area contributed by atoms with E-state index in [2.05, 4.69) is 11.9 Å². The van der Waals surface area contributed by atoms with E-state index in [1.807, 2.05) is 28.8 Å². The summed E-state index contributed by atoms with van der Waals surface area (Å²) in [7, 11) is 0. The molecule has 2 aromatic heterocycles. The Labute approximate surface area is 59.1 Å². The first-order valence-electron chi connectivity index (χ1n) is 3.12. The zero-order valence-electron chi connectivity index (χ0n) is 5.49. The lowest BCUT2D eigenvalue weighted by molar-refractivity contribution is 1.15. The monoisotopic (exact) mass is 131 g/mol. The molecular formula is C8H7N2. The molecule has 1 radical (unpaired) electrons. The van der Waals surface area contributed by atoms with Crippen LogP contribution in [0.1, 0.15) is 5.69 Å². The SMILES string of the molecule is [CH2]c1cnc2ccccn12. The zero-order valence-corrected chi connectivity index (χ0v) is 5.49. The Kier molecular flexibility index (Phi) is 1.01. The molecule has 2 heterocycles. The first-order valence-corrected chi connectivity index (χ1v) is 3.12. The van der Waals surface area contributed by atoms with E-state index in [1.54, 1.807) is 6.20 Å². The van der Waals surface area contributed by atoms with Gasteiger partial charge in [0.1, 0.15) is 5.65 Å². The summed E-state index contributed by atoms with van der Waals surface area (Å²) in [5, 5.41) is 0. The molecule has 0 fully saturated rings. The van der Waals surface area contributed by atoms with Gasteiger partial charge in [-0.05, 0) is 19.1 Å². The summed E-state index contributed by atoms with van der Waals surface area (Å²) in [5.74, 6) is 0. The van der Waals surface area contributed by atoms with E-state index in [9.17, 15) is 0 Å². The highest BCUT2D eigenvalue weighted by Crippen LogP contribution is 2.02. The van der Waals surface area contributed by atoms with Crippen LogP contribution in [0.15, 0.2) is 30.6 Å². The molecule has 2 aromatic rings. The van der Waals surface area contributed by atoms with Crippen molar-refractivity contribution in [3.8, 4) is 0 Å². The second-order valence-electron chi connectivity index (χ2n) is 2.18. The number of hydrogen-bond acceptors (Lipinski definition) is 1. The van der Waals surface area contributed by atoms with Crippen molar-refractivity contribution < 1.29 is 0 Å². The zero-order chi connectivity index (χ0) is 6.97. The fourth-order valence-electron chi connectivity index (χ4n) is 0.985. The molecule has 0 atom stereocenters. The number of hydrogen-bond donors (Lipinski definition) is 0. The van der Waals surface area contributed by atoms with Crippen LogP contribution < -0.4 is 0 Å². The minimum absolute atomic E-state index is 0.926. The van der Waals surface area contributed by atoms with Crippen molar-refractivity contribution in [1.82, 2.24) is 9.38 Å². The van der Waals surface area contributed by atoms with Crippen LogP contribution in [0.2, 0.25) is 0 Å². The third-order valence-electron chi connectivity index (χ3n) is 1.49. The fourth-order valence-corrected chi connectivity index (χ4v) is 0.985. The Morgan fingerprint density at radius 3 is 3.10 bits per heavy atom. The maximum Gasteiger partial charge on any atom is 0.136 e. The van der Waals surface area contributed by atoms with Gasteiger partial charge in [-0.25, -0.2) is 4.98 Å². The van der Waals surface area contributed by atoms with Crippen molar-refractivity contribution in [2.75, 3.05) is 0 Å². The lowest BCUT2D eigenvalue weighted by Gasteiger charge is -1.91. The molecule has 0 aromatic carbocycles. The normalized spacial score (nSPS) is 10.5. The molecule has 0 unspecified atom stereocenters. The first kappa shape index (κ1) is 5.47. The minimum Gasteiger partial charge on any atom is -0.304 e. The first-order chi connectivity index (χ1) is 4.88. The van der Waals surface area contributed by atoms with Gasteiger partial charge in [0.15, 0.2) is 0 Å². The maximum absolute atomic E-state index is 4.12. The molecule has 2 nitrogen and oxygen atoms in total. The predicted octanol–water partition coefficient (Wildman–Crippen LogP) is 1.52. The molecular weight excluding hydrogens is 124 g/mol. The van der Waals surface area contributed by atoms with E-state index in [0.717, 1.165) is 11.3 Å². The summed E-state index contributed by atoms with van der Waals surface area (Å²) in [4.78, 5) is 4.12. The molecule has 2 rings (SSSR count). The Hall–Kier alpha value is -1.31. The number of fused-ring (bicyclic) bond motifs is 1. The van der Waals surface area contributed by atoms with Gasteiger partial charge in [0.05, 0.1) is 0 Å². The summed E-state index contributed by atoms with van der Waals surface area (Å²) in [6, 6.07) is 5.87. The van der Waals surface area contributed by atoms with Gasteiger partial charge in [0, 0.05) is 18.1 Å². The van der Waals surface area contributed by atoms with Gasteiger partial charge in [-0.3, -0.25) is 0 Å². The van der Waals surface area contributed by atoms with Crippen molar-refractivity contribution >= 4 is 5.65 Å². The van der Waals surface area contributed by atoms with E-state index in [1.165, 1.54) is 0 Å². The number of rotatable bonds is 0. The van der Waals surface area contributed by atoms with E-state index in [4.69, 9.17) is 0 Å². The molecule has 0 aliphatic rings. The summed E-state index contributed by atoms with van der Waals surface area (Å²) >= 11 is 0. The molecule has 0 spiro atoms. The highest BCUT2D eigenvalue weighted by atomic mass is 15.0. The van der Waals surface area contributed by atoms with Crippen molar-refractivity contribution in [1.29, 1.82) is 0 Å². The van der Waals surface area contributed by atoms with E-state index in [0.29, 0.717) is 0 Å². The number of imidazole rings is 1. The highest BCUT2D eigenvalue weighted by molar-refractivity contribution is 5.40. The van der Waals surface area contributed by atoms with E-state index < -0.39 is 0 Å². The largest absolute Gasteiger partial charge is 0.304 e. The van der Waals surface area contributed by atoms with Crippen molar-refractivity contribution in [2.24, 2.45) is 0 Å². The van der Waals surface area contributed by atoms with Gasteiger partial charge < -0.3 is 4.40 Å². The van der Waals surface area contributed by atoms with Gasteiger partial charge >= 0.3 is 0 Å². The van der Waals surface area contributed by atoms with Crippen molar-refractivity contribution in [3.05, 3.63) is 43.2 Å². The lowest BCUT2D eigenvalue weighted by Crippen LogP contribution is -1.83. The number of nitrogens with zero attached hydrogens (tertiary/aromatic N) is 2. The summed E-state index contributed by atoms with van der Waals surface area (Å²) in [6.45, 7) is 3.81. The lowest BCUT2D eigenvalue weighted by atomic mass is 10.4. The van der Waals surface area contributed by atoms with Crippen molar-refractivity contribution in [2.45, 2.75) is 0 Å². The second kappa shape index (κ2) is 1.84. The molecule has 0 aliphatic heterocycles. The Morgan fingerprint density at radius 1 is 1.40 bits per heavy atom. The quantitative estimate of drug-likeness (QED) is 0.529. The highest BCUT2D eigenvalue weighted by Gasteiger charge is 1.93. The third-order valence-corrected chi connectivity index (χ3v) is 1.49. The molecule has 0 saturated heterocycles. The molecule has 0 saturated carbocycles. The standard InChI is InChI=1S/C8H7N2/c1-7-6-9-8-4-2-3-5-10(7)8/h2-6H,1H2. The third kappa shape index (κ3) is 0.620. The van der Waals surface area contributed by atoms with Gasteiger partial charge in [-0.15, -0.1) is 0 Å². The van der Waals surface area contributed by atoms with Crippen LogP contribution in [-0.4, -0.2) is 9.38 Å². The second-order valence-corrected chi connectivity index (χ2v) is 2.18. The summed E-state index contributed by atoms with van der Waals surface area (Å²) in [5.41, 5.74) is 1.88. The summed E-state index contributed by atoms with van der Waals surface area (Å²) < 4.78 is 1.94. The molecule has 0 amide bonds. The Bertz CT molecular complexity index is 349. The van der Waals surface area contributed by atoms with Crippen LogP contribution in [0.4, 0.5) is 0 Å². The van der Waals surface area contributed by atoms with Crippen LogP contribution >= 0.6 is 0 Å². The number of aromatic nitrogens is 2. The van der Waals surface area contributed by atoms with Crippen LogP contribution in [-0.2, 0) is 0 Å². The molecule has 0 N–H and O–H groups in total. The van der Waals surface area contributed by atoms with Crippen LogP contribution in [0.5, 0.6) is 0 Å². The van der Waals surface area contributed by atoms with Gasteiger partial charge in [-0.1, -0.05) is 6.07 Å². The fraction of sp³-hybridized carbons (Fsp3) is 0. The van der Waals surface area contributed by atoms with Gasteiger partial charge in [0.2, 0.25) is 0 Å².